The van der Waals surface area contributed by atoms with Gasteiger partial charge in [0.2, 0.25) is 5.82 Å². The van der Waals surface area contributed by atoms with Crippen LogP contribution in [0.4, 0.5) is 8.78 Å². The summed E-state index contributed by atoms with van der Waals surface area (Å²) in [6.07, 6.45) is 0. The highest BCUT2D eigenvalue weighted by atomic mass is 35.5. The molecule has 0 radical (unpaired) electrons. The zero-order chi connectivity index (χ0) is 17.3. The molecule has 0 aliphatic rings. The highest BCUT2D eigenvalue weighted by Gasteiger charge is 2.25. The number of hydrogen-bond donors (Lipinski definition) is 0. The van der Waals surface area contributed by atoms with E-state index >= 15 is 0 Å². The van der Waals surface area contributed by atoms with Crippen LogP contribution < -0.4 is 4.74 Å². The molecule has 0 N–H and O–H groups in total. The first-order valence-electron chi connectivity index (χ1n) is 6.86. The van der Waals surface area contributed by atoms with E-state index in [-0.39, 0.29) is 17.0 Å². The molecule has 122 valence electrons. The predicted octanol–water partition coefficient (Wildman–Crippen LogP) is 4.80. The minimum Gasteiger partial charge on any atom is -0.420 e. The van der Waals surface area contributed by atoms with Gasteiger partial charge in [0, 0.05) is 5.56 Å². The van der Waals surface area contributed by atoms with Gasteiger partial charge in [-0.15, -0.1) is 0 Å². The summed E-state index contributed by atoms with van der Waals surface area (Å²) in [5.74, 6) is -3.64. The first-order chi connectivity index (χ1) is 11.5. The van der Waals surface area contributed by atoms with Crippen LogP contribution in [0.5, 0.6) is 5.75 Å². The Hall–Kier alpha value is -2.73. The van der Waals surface area contributed by atoms with Crippen molar-refractivity contribution in [2.24, 2.45) is 0 Å². The maximum atomic E-state index is 13.7. The van der Waals surface area contributed by atoms with Crippen molar-refractivity contribution < 1.29 is 22.8 Å². The van der Waals surface area contributed by atoms with Crippen LogP contribution >= 0.6 is 11.6 Å². The average molecular weight is 350 g/mol. The van der Waals surface area contributed by atoms with E-state index in [4.69, 9.17) is 20.9 Å². The molecular formula is C17H10ClF2NO3. The number of aryl methyl sites for hydroxylation is 1. The van der Waals surface area contributed by atoms with Gasteiger partial charge in [-0.2, -0.15) is 4.39 Å². The van der Waals surface area contributed by atoms with Crippen LogP contribution in [0.3, 0.4) is 0 Å². The maximum Gasteiger partial charge on any atom is 0.349 e. The van der Waals surface area contributed by atoms with Crippen molar-refractivity contribution >= 4 is 17.6 Å². The molecule has 1 heterocycles. The zero-order valence-electron chi connectivity index (χ0n) is 12.3. The molecular weight excluding hydrogens is 340 g/mol. The number of rotatable bonds is 3. The van der Waals surface area contributed by atoms with E-state index < -0.39 is 23.4 Å². The second-order valence-corrected chi connectivity index (χ2v) is 5.29. The zero-order valence-corrected chi connectivity index (χ0v) is 13.1. The van der Waals surface area contributed by atoms with Gasteiger partial charge >= 0.3 is 5.97 Å². The summed E-state index contributed by atoms with van der Waals surface area (Å²) < 4.78 is 36.9. The normalized spacial score (nSPS) is 10.7. The van der Waals surface area contributed by atoms with Crippen LogP contribution in [0.25, 0.3) is 11.3 Å². The number of benzene rings is 2. The topological polar surface area (TPSA) is 52.3 Å². The van der Waals surface area contributed by atoms with Crippen LogP contribution in [0.1, 0.15) is 16.1 Å². The van der Waals surface area contributed by atoms with Crippen molar-refractivity contribution in [2.75, 3.05) is 0 Å². The molecule has 0 unspecified atom stereocenters. The van der Waals surface area contributed by atoms with Crippen molar-refractivity contribution in [1.82, 2.24) is 5.16 Å². The molecule has 0 saturated heterocycles. The first kappa shape index (κ1) is 16.1. The largest absolute Gasteiger partial charge is 0.420 e. The van der Waals surface area contributed by atoms with Crippen LogP contribution in [-0.4, -0.2) is 11.1 Å². The van der Waals surface area contributed by atoms with Gasteiger partial charge in [0.1, 0.15) is 17.0 Å². The molecule has 0 aliphatic heterocycles. The molecule has 0 amide bonds. The van der Waals surface area contributed by atoms with Gasteiger partial charge in [-0.25, -0.2) is 9.18 Å². The molecule has 2 aromatic carbocycles. The standard InChI is InChI=1S/C17H10ClF2NO3/c1-9-14(16(21-24-9)10-5-2-3-6-11(10)18)17(22)23-13-8-4-7-12(19)15(13)20/h2-8H,1H3. The maximum absolute atomic E-state index is 13.7. The van der Waals surface area contributed by atoms with E-state index in [1.807, 2.05) is 0 Å². The van der Waals surface area contributed by atoms with Crippen molar-refractivity contribution in [3.63, 3.8) is 0 Å². The van der Waals surface area contributed by atoms with E-state index in [1.54, 1.807) is 24.3 Å². The van der Waals surface area contributed by atoms with Crippen molar-refractivity contribution in [2.45, 2.75) is 6.92 Å². The smallest absolute Gasteiger partial charge is 0.349 e. The highest BCUT2D eigenvalue weighted by Crippen LogP contribution is 2.32. The van der Waals surface area contributed by atoms with Gasteiger partial charge in [-0.05, 0) is 25.1 Å². The second kappa shape index (κ2) is 6.41. The molecule has 0 saturated carbocycles. The Morgan fingerprint density at radius 3 is 2.67 bits per heavy atom. The summed E-state index contributed by atoms with van der Waals surface area (Å²) in [7, 11) is 0. The van der Waals surface area contributed by atoms with Gasteiger partial charge < -0.3 is 9.26 Å². The fourth-order valence-electron chi connectivity index (χ4n) is 2.16. The van der Waals surface area contributed by atoms with E-state index in [9.17, 15) is 13.6 Å². The van der Waals surface area contributed by atoms with Crippen LogP contribution in [0, 0.1) is 18.6 Å². The molecule has 1 aromatic heterocycles. The third-order valence-electron chi connectivity index (χ3n) is 3.31. The lowest BCUT2D eigenvalue weighted by atomic mass is 10.1. The third kappa shape index (κ3) is 2.88. The lowest BCUT2D eigenvalue weighted by molar-refractivity contribution is 0.0725. The Balaban J connectivity index is 2.01. The molecule has 4 nitrogen and oxygen atoms in total. The Kier molecular flexibility index (Phi) is 4.31. The second-order valence-electron chi connectivity index (χ2n) is 4.88. The number of esters is 1. The summed E-state index contributed by atoms with van der Waals surface area (Å²) in [5.41, 5.74) is 0.620. The quantitative estimate of drug-likeness (QED) is 0.503. The SMILES string of the molecule is Cc1onc(-c2ccccc2Cl)c1C(=O)Oc1cccc(F)c1F. The molecule has 0 atom stereocenters. The number of carbonyl (C=O) groups is 1. The number of ether oxygens (including phenoxy) is 1. The van der Waals surface area contributed by atoms with Crippen LogP contribution in [0.2, 0.25) is 5.02 Å². The molecule has 0 fully saturated rings. The van der Waals surface area contributed by atoms with E-state index in [1.165, 1.54) is 13.0 Å². The number of nitrogens with zero attached hydrogens (tertiary/aromatic N) is 1. The van der Waals surface area contributed by atoms with Crippen molar-refractivity contribution in [3.8, 4) is 17.0 Å². The minimum absolute atomic E-state index is 0.00763. The minimum atomic E-state index is -1.25. The van der Waals surface area contributed by atoms with E-state index in [0.717, 1.165) is 12.1 Å². The Bertz CT molecular complexity index is 924. The average Bonchev–Trinajstić information content (AvgIpc) is 2.94. The van der Waals surface area contributed by atoms with Crippen LogP contribution in [-0.2, 0) is 0 Å². The summed E-state index contributed by atoms with van der Waals surface area (Å²) in [4.78, 5) is 12.4. The number of halogens is 3. The molecule has 0 aliphatic carbocycles. The lowest BCUT2D eigenvalue weighted by Gasteiger charge is -2.07. The summed E-state index contributed by atoms with van der Waals surface area (Å²) in [6.45, 7) is 1.51. The molecule has 3 aromatic rings. The fourth-order valence-corrected chi connectivity index (χ4v) is 2.39. The fraction of sp³-hybridized carbons (Fsp3) is 0.0588. The molecule has 0 bridgehead atoms. The molecule has 7 heteroatoms. The molecule has 3 rings (SSSR count). The van der Waals surface area contributed by atoms with E-state index in [0.29, 0.717) is 10.6 Å². The summed E-state index contributed by atoms with van der Waals surface area (Å²) in [6, 6.07) is 10.0. The summed E-state index contributed by atoms with van der Waals surface area (Å²) in [5, 5.41) is 4.18. The van der Waals surface area contributed by atoms with Crippen molar-refractivity contribution in [1.29, 1.82) is 0 Å². The number of carbonyl (C=O) groups excluding carboxylic acids is 1. The van der Waals surface area contributed by atoms with Crippen molar-refractivity contribution in [3.05, 3.63) is 70.4 Å². The monoisotopic (exact) mass is 349 g/mol. The Morgan fingerprint density at radius 2 is 1.92 bits per heavy atom. The Morgan fingerprint density at radius 1 is 1.17 bits per heavy atom. The third-order valence-corrected chi connectivity index (χ3v) is 3.64. The Labute approximate surface area is 140 Å². The molecule has 0 spiro atoms. The first-order valence-corrected chi connectivity index (χ1v) is 7.24. The number of aromatic nitrogens is 1. The lowest BCUT2D eigenvalue weighted by Crippen LogP contribution is -2.11. The van der Waals surface area contributed by atoms with Gasteiger partial charge in [-0.1, -0.05) is 41.0 Å². The van der Waals surface area contributed by atoms with Gasteiger partial charge in [-0.3, -0.25) is 0 Å². The van der Waals surface area contributed by atoms with Gasteiger partial charge in [0.25, 0.3) is 0 Å². The number of hydrogen-bond acceptors (Lipinski definition) is 4. The molecule has 24 heavy (non-hydrogen) atoms. The summed E-state index contributed by atoms with van der Waals surface area (Å²) >= 11 is 6.11. The van der Waals surface area contributed by atoms with Crippen LogP contribution in [0.15, 0.2) is 47.0 Å². The predicted molar refractivity (Wildman–Crippen MR) is 83.0 cm³/mol. The highest BCUT2D eigenvalue weighted by molar-refractivity contribution is 6.33. The van der Waals surface area contributed by atoms with E-state index in [2.05, 4.69) is 5.16 Å². The van der Waals surface area contributed by atoms with Gasteiger partial charge in [0.15, 0.2) is 11.6 Å². The van der Waals surface area contributed by atoms with Gasteiger partial charge in [0.05, 0.1) is 5.02 Å².